The minimum atomic E-state index is 0.128. The van der Waals surface area contributed by atoms with Gasteiger partial charge in [0.15, 0.2) is 0 Å². The average Bonchev–Trinajstić information content (AvgIpc) is 3.17. The topological polar surface area (TPSA) is 36.4 Å². The van der Waals surface area contributed by atoms with E-state index in [0.717, 1.165) is 50.6 Å². The van der Waals surface area contributed by atoms with Crippen LogP contribution in [-0.2, 0) is 6.42 Å². The van der Waals surface area contributed by atoms with Gasteiger partial charge in [0, 0.05) is 31.9 Å². The average molecular weight is 364 g/mol. The van der Waals surface area contributed by atoms with Gasteiger partial charge in [-0.15, -0.1) is 0 Å². The number of carbonyl (C=O) groups is 1. The number of hydrogen-bond acceptors (Lipinski definition) is 3. The van der Waals surface area contributed by atoms with Crippen LogP contribution in [0.25, 0.3) is 0 Å². The van der Waals surface area contributed by atoms with Crippen molar-refractivity contribution in [1.29, 1.82) is 0 Å². The molecule has 0 radical (unpaired) electrons. The van der Waals surface area contributed by atoms with Crippen molar-refractivity contribution in [2.45, 2.75) is 45.1 Å². The third-order valence-corrected chi connectivity index (χ3v) is 6.05. The zero-order valence-corrected chi connectivity index (χ0v) is 16.2. The maximum absolute atomic E-state index is 12.7. The number of piperidine rings is 1. The van der Waals surface area contributed by atoms with Gasteiger partial charge in [0.1, 0.15) is 5.82 Å². The Morgan fingerprint density at radius 2 is 1.81 bits per heavy atom. The Bertz CT molecular complexity index is 751. The van der Waals surface area contributed by atoms with E-state index in [4.69, 9.17) is 0 Å². The number of anilines is 1. The standard InChI is InChI=1S/C23H29N3O/c1-18-11-14-25(15-12-18)23(27)20-9-10-22(24-17-20)26-13-5-8-21(26)16-19-6-3-2-4-7-19/h2-4,6-7,9-10,17-18,21H,5,8,11-16H2,1H3. The molecule has 2 saturated heterocycles. The fraction of sp³-hybridized carbons (Fsp3) is 0.478. The Morgan fingerprint density at radius 1 is 1.04 bits per heavy atom. The summed E-state index contributed by atoms with van der Waals surface area (Å²) in [6.45, 7) is 5.04. The Balaban J connectivity index is 1.42. The maximum atomic E-state index is 12.7. The summed E-state index contributed by atoms with van der Waals surface area (Å²) in [6, 6.07) is 15.2. The van der Waals surface area contributed by atoms with Gasteiger partial charge in [0.2, 0.25) is 0 Å². The lowest BCUT2D eigenvalue weighted by Gasteiger charge is -2.30. The minimum Gasteiger partial charge on any atom is -0.353 e. The van der Waals surface area contributed by atoms with Crippen LogP contribution in [0, 0.1) is 5.92 Å². The molecule has 4 heteroatoms. The second-order valence-corrected chi connectivity index (χ2v) is 8.06. The van der Waals surface area contributed by atoms with E-state index in [9.17, 15) is 4.79 Å². The molecule has 1 unspecified atom stereocenters. The lowest BCUT2D eigenvalue weighted by molar-refractivity contribution is 0.0697. The summed E-state index contributed by atoms with van der Waals surface area (Å²) >= 11 is 0. The van der Waals surface area contributed by atoms with Gasteiger partial charge in [0.25, 0.3) is 5.91 Å². The zero-order valence-electron chi connectivity index (χ0n) is 16.2. The largest absolute Gasteiger partial charge is 0.353 e. The summed E-state index contributed by atoms with van der Waals surface area (Å²) < 4.78 is 0. The van der Waals surface area contributed by atoms with Crippen molar-refractivity contribution in [3.05, 3.63) is 59.8 Å². The third kappa shape index (κ3) is 4.15. The van der Waals surface area contributed by atoms with Crippen LogP contribution in [0.5, 0.6) is 0 Å². The molecular weight excluding hydrogens is 334 g/mol. The van der Waals surface area contributed by atoms with E-state index >= 15 is 0 Å². The molecule has 2 fully saturated rings. The fourth-order valence-electron chi connectivity index (χ4n) is 4.31. The summed E-state index contributed by atoms with van der Waals surface area (Å²) in [5.41, 5.74) is 2.09. The van der Waals surface area contributed by atoms with Gasteiger partial charge in [0.05, 0.1) is 5.56 Å². The predicted octanol–water partition coefficient (Wildman–Crippen LogP) is 4.17. The quantitative estimate of drug-likeness (QED) is 0.818. The first kappa shape index (κ1) is 18.0. The van der Waals surface area contributed by atoms with Crippen molar-refractivity contribution in [3.63, 3.8) is 0 Å². The Morgan fingerprint density at radius 3 is 2.52 bits per heavy atom. The number of hydrogen-bond donors (Lipinski definition) is 0. The van der Waals surface area contributed by atoms with Crippen LogP contribution in [0.15, 0.2) is 48.7 Å². The molecule has 4 rings (SSSR count). The van der Waals surface area contributed by atoms with Crippen LogP contribution in [-0.4, -0.2) is 41.5 Å². The highest BCUT2D eigenvalue weighted by atomic mass is 16.2. The molecule has 1 aromatic carbocycles. The number of likely N-dealkylation sites (tertiary alicyclic amines) is 1. The molecule has 0 N–H and O–H groups in total. The molecule has 27 heavy (non-hydrogen) atoms. The molecule has 1 amide bonds. The highest BCUT2D eigenvalue weighted by molar-refractivity contribution is 5.94. The SMILES string of the molecule is CC1CCN(C(=O)c2ccc(N3CCCC3Cc3ccccc3)nc2)CC1. The molecule has 0 bridgehead atoms. The van der Waals surface area contributed by atoms with E-state index in [1.54, 1.807) is 6.20 Å². The van der Waals surface area contributed by atoms with Gasteiger partial charge in [-0.25, -0.2) is 4.98 Å². The summed E-state index contributed by atoms with van der Waals surface area (Å²) in [4.78, 5) is 21.8. The Labute approximate surface area is 162 Å². The fourth-order valence-corrected chi connectivity index (χ4v) is 4.31. The highest BCUT2D eigenvalue weighted by Crippen LogP contribution is 2.27. The highest BCUT2D eigenvalue weighted by Gasteiger charge is 2.26. The molecule has 142 valence electrons. The smallest absolute Gasteiger partial charge is 0.255 e. The monoisotopic (exact) mass is 363 g/mol. The van der Waals surface area contributed by atoms with Gasteiger partial charge in [-0.1, -0.05) is 37.3 Å². The van der Waals surface area contributed by atoms with Crippen molar-refractivity contribution in [2.75, 3.05) is 24.5 Å². The summed E-state index contributed by atoms with van der Waals surface area (Å²) in [5, 5.41) is 0. The van der Waals surface area contributed by atoms with E-state index < -0.39 is 0 Å². The first-order valence-electron chi connectivity index (χ1n) is 10.3. The van der Waals surface area contributed by atoms with Crippen LogP contribution >= 0.6 is 0 Å². The summed E-state index contributed by atoms with van der Waals surface area (Å²) in [7, 11) is 0. The molecule has 2 aliphatic heterocycles. The van der Waals surface area contributed by atoms with Crippen molar-refractivity contribution < 1.29 is 4.79 Å². The van der Waals surface area contributed by atoms with E-state index in [0.29, 0.717) is 11.6 Å². The maximum Gasteiger partial charge on any atom is 0.255 e. The van der Waals surface area contributed by atoms with Crippen LogP contribution in [0.3, 0.4) is 0 Å². The van der Waals surface area contributed by atoms with Crippen LogP contribution in [0.1, 0.15) is 48.5 Å². The van der Waals surface area contributed by atoms with Crippen LogP contribution in [0.4, 0.5) is 5.82 Å². The summed E-state index contributed by atoms with van der Waals surface area (Å²) in [6.07, 6.45) is 7.43. The van der Waals surface area contributed by atoms with Gasteiger partial charge >= 0.3 is 0 Å². The Kier molecular flexibility index (Phi) is 5.42. The van der Waals surface area contributed by atoms with Crippen molar-refractivity contribution >= 4 is 11.7 Å². The summed E-state index contributed by atoms with van der Waals surface area (Å²) in [5.74, 6) is 1.85. The second kappa shape index (κ2) is 8.12. The molecule has 0 aliphatic carbocycles. The number of carbonyl (C=O) groups excluding carboxylic acids is 1. The number of pyridine rings is 1. The van der Waals surface area contributed by atoms with Gasteiger partial charge in [-0.05, 0) is 55.7 Å². The lowest BCUT2D eigenvalue weighted by atomic mass is 9.99. The minimum absolute atomic E-state index is 0.128. The van der Waals surface area contributed by atoms with Crippen molar-refractivity contribution in [2.24, 2.45) is 5.92 Å². The third-order valence-electron chi connectivity index (χ3n) is 6.05. The zero-order chi connectivity index (χ0) is 18.6. The van der Waals surface area contributed by atoms with E-state index in [2.05, 4.69) is 47.1 Å². The van der Waals surface area contributed by atoms with E-state index in [1.165, 1.54) is 18.4 Å². The van der Waals surface area contributed by atoms with Gasteiger partial charge < -0.3 is 9.80 Å². The number of nitrogens with zero attached hydrogens (tertiary/aromatic N) is 3. The molecule has 0 saturated carbocycles. The molecule has 2 aliphatic rings. The van der Waals surface area contributed by atoms with E-state index in [-0.39, 0.29) is 5.91 Å². The predicted molar refractivity (Wildman–Crippen MR) is 109 cm³/mol. The molecular formula is C23H29N3O. The number of benzene rings is 1. The first-order chi connectivity index (χ1) is 13.2. The molecule has 1 atom stereocenters. The van der Waals surface area contributed by atoms with Gasteiger partial charge in [-0.2, -0.15) is 0 Å². The van der Waals surface area contributed by atoms with E-state index in [1.807, 2.05) is 17.0 Å². The molecule has 1 aromatic heterocycles. The number of aromatic nitrogens is 1. The van der Waals surface area contributed by atoms with Crippen LogP contribution < -0.4 is 4.90 Å². The Hall–Kier alpha value is -2.36. The molecule has 4 nitrogen and oxygen atoms in total. The first-order valence-corrected chi connectivity index (χ1v) is 10.3. The lowest BCUT2D eigenvalue weighted by Crippen LogP contribution is -2.38. The second-order valence-electron chi connectivity index (χ2n) is 8.06. The molecule has 0 spiro atoms. The normalized spacial score (nSPS) is 20.9. The van der Waals surface area contributed by atoms with Crippen molar-refractivity contribution in [1.82, 2.24) is 9.88 Å². The number of rotatable bonds is 4. The van der Waals surface area contributed by atoms with Gasteiger partial charge in [-0.3, -0.25) is 4.79 Å². The molecule has 2 aromatic rings. The number of amides is 1. The van der Waals surface area contributed by atoms with Crippen molar-refractivity contribution in [3.8, 4) is 0 Å². The van der Waals surface area contributed by atoms with Crippen LogP contribution in [0.2, 0.25) is 0 Å². The molecule has 3 heterocycles.